The average Bonchev–Trinajstić information content (AvgIpc) is 3.20. The first-order valence-electron chi connectivity index (χ1n) is 8.02. The lowest BCUT2D eigenvalue weighted by molar-refractivity contribution is 0.421. The van der Waals surface area contributed by atoms with Crippen LogP contribution in [0.15, 0.2) is 33.3 Å². The molecule has 11 heteroatoms. The fourth-order valence-corrected chi connectivity index (χ4v) is 3.24. The van der Waals surface area contributed by atoms with Crippen molar-refractivity contribution in [1.29, 1.82) is 0 Å². The molecule has 0 saturated carbocycles. The molecule has 27 heavy (non-hydrogen) atoms. The lowest BCUT2D eigenvalue weighted by atomic mass is 10.2. The van der Waals surface area contributed by atoms with Crippen molar-refractivity contribution in [3.8, 4) is 28.7 Å². The van der Waals surface area contributed by atoms with Crippen LogP contribution in [0.2, 0.25) is 0 Å². The van der Waals surface area contributed by atoms with Crippen LogP contribution in [0.5, 0.6) is 5.75 Å². The zero-order valence-electron chi connectivity index (χ0n) is 15.2. The first-order chi connectivity index (χ1) is 12.7. The minimum absolute atomic E-state index is 0.193. The monoisotopic (exact) mass is 455 g/mol. The summed E-state index contributed by atoms with van der Waals surface area (Å²) in [6.45, 7) is 4.52. The van der Waals surface area contributed by atoms with Gasteiger partial charge < -0.3 is 8.71 Å². The Labute approximate surface area is 165 Å². The lowest BCUT2D eigenvalue weighted by Crippen LogP contribution is -2.26. The van der Waals surface area contributed by atoms with Gasteiger partial charge in [-0.15, -0.1) is 0 Å². The Morgan fingerprint density at radius 2 is 1.93 bits per heavy atom. The molecular formula is C16H18BrN5O4S. The van der Waals surface area contributed by atoms with Crippen molar-refractivity contribution in [2.24, 2.45) is 0 Å². The van der Waals surface area contributed by atoms with Crippen molar-refractivity contribution in [2.75, 3.05) is 14.1 Å². The molecule has 2 aromatic heterocycles. The van der Waals surface area contributed by atoms with E-state index in [0.29, 0.717) is 29.5 Å². The second-order valence-corrected chi connectivity index (χ2v) is 8.38. The third-order valence-electron chi connectivity index (χ3n) is 3.74. The van der Waals surface area contributed by atoms with Crippen LogP contribution in [0.4, 0.5) is 0 Å². The van der Waals surface area contributed by atoms with E-state index in [2.05, 4.69) is 31.2 Å². The van der Waals surface area contributed by atoms with Gasteiger partial charge in [-0.2, -0.15) is 22.8 Å². The van der Waals surface area contributed by atoms with E-state index in [1.807, 2.05) is 13.8 Å². The Morgan fingerprint density at radius 1 is 1.26 bits per heavy atom. The van der Waals surface area contributed by atoms with E-state index < -0.39 is 10.3 Å². The fraction of sp³-hybridized carbons (Fsp3) is 0.312. The third kappa shape index (κ3) is 3.89. The number of nitrogens with zero attached hydrogens (tertiary/aromatic N) is 5. The molecule has 0 bridgehead atoms. The molecule has 144 valence electrons. The molecule has 9 nitrogen and oxygen atoms in total. The van der Waals surface area contributed by atoms with Crippen LogP contribution >= 0.6 is 15.9 Å². The van der Waals surface area contributed by atoms with Gasteiger partial charge >= 0.3 is 10.3 Å². The molecule has 3 rings (SSSR count). The normalized spacial score (nSPS) is 11.9. The second-order valence-electron chi connectivity index (χ2n) is 5.83. The van der Waals surface area contributed by atoms with Gasteiger partial charge in [0.2, 0.25) is 5.82 Å². The SMILES string of the molecule is CCn1nc(C)c(Br)c1-c1nc(-c2ccc(OS(=O)(=O)N(C)C)cc2)no1. The quantitative estimate of drug-likeness (QED) is 0.562. The Hall–Kier alpha value is -2.24. The first-order valence-corrected chi connectivity index (χ1v) is 10.2. The number of aromatic nitrogens is 4. The Kier molecular flexibility index (Phi) is 5.36. The van der Waals surface area contributed by atoms with Crippen molar-refractivity contribution in [2.45, 2.75) is 20.4 Å². The van der Waals surface area contributed by atoms with Crippen molar-refractivity contribution < 1.29 is 17.1 Å². The summed E-state index contributed by atoms with van der Waals surface area (Å²) in [6, 6.07) is 6.38. The molecule has 0 aliphatic rings. The van der Waals surface area contributed by atoms with E-state index in [1.165, 1.54) is 26.2 Å². The summed E-state index contributed by atoms with van der Waals surface area (Å²) < 4.78 is 37.5. The molecule has 0 amide bonds. The van der Waals surface area contributed by atoms with Gasteiger partial charge in [0, 0.05) is 26.2 Å². The maximum atomic E-state index is 11.8. The summed E-state index contributed by atoms with van der Waals surface area (Å²) in [6.07, 6.45) is 0. The summed E-state index contributed by atoms with van der Waals surface area (Å²) in [7, 11) is -1.01. The van der Waals surface area contributed by atoms with E-state index in [4.69, 9.17) is 8.71 Å². The molecule has 1 aromatic carbocycles. The molecule has 0 saturated heterocycles. The lowest BCUT2D eigenvalue weighted by Gasteiger charge is -2.11. The number of rotatable bonds is 6. The van der Waals surface area contributed by atoms with Crippen molar-refractivity contribution in [1.82, 2.24) is 24.2 Å². The molecule has 0 aliphatic heterocycles. The predicted molar refractivity (Wildman–Crippen MR) is 102 cm³/mol. The van der Waals surface area contributed by atoms with Crippen LogP contribution in [-0.2, 0) is 16.8 Å². The van der Waals surface area contributed by atoms with Crippen LogP contribution in [0.3, 0.4) is 0 Å². The smallest absolute Gasteiger partial charge is 0.371 e. The van der Waals surface area contributed by atoms with Gasteiger partial charge in [0.25, 0.3) is 5.89 Å². The van der Waals surface area contributed by atoms with E-state index in [0.717, 1.165) is 14.5 Å². The minimum atomic E-state index is -3.80. The Morgan fingerprint density at radius 3 is 2.52 bits per heavy atom. The molecule has 0 radical (unpaired) electrons. The van der Waals surface area contributed by atoms with Gasteiger partial charge in [-0.1, -0.05) is 5.16 Å². The predicted octanol–water partition coefficient (Wildman–Crippen LogP) is 2.88. The number of hydrogen-bond acceptors (Lipinski definition) is 7. The van der Waals surface area contributed by atoms with Gasteiger partial charge in [-0.25, -0.2) is 0 Å². The minimum Gasteiger partial charge on any atom is -0.371 e. The van der Waals surface area contributed by atoms with Gasteiger partial charge in [0.05, 0.1) is 10.2 Å². The summed E-state index contributed by atoms with van der Waals surface area (Å²) in [5.74, 6) is 0.911. The number of hydrogen-bond donors (Lipinski definition) is 0. The first kappa shape index (κ1) is 19.5. The van der Waals surface area contributed by atoms with Crippen molar-refractivity contribution in [3.63, 3.8) is 0 Å². The van der Waals surface area contributed by atoms with Gasteiger partial charge in [-0.3, -0.25) is 4.68 Å². The van der Waals surface area contributed by atoms with Crippen LogP contribution < -0.4 is 4.18 Å². The maximum absolute atomic E-state index is 11.8. The standard InChI is InChI=1S/C16H18BrN5O4S/c1-5-22-14(13(17)10(2)19-22)16-18-15(20-25-16)11-6-8-12(9-7-11)26-27(23,24)21(3)4/h6-9H,5H2,1-4H3. The average molecular weight is 456 g/mol. The van der Waals surface area contributed by atoms with Crippen LogP contribution in [0, 0.1) is 6.92 Å². The van der Waals surface area contributed by atoms with E-state index in [1.54, 1.807) is 16.8 Å². The summed E-state index contributed by atoms with van der Waals surface area (Å²) >= 11 is 3.50. The number of aryl methyl sites for hydroxylation is 2. The summed E-state index contributed by atoms with van der Waals surface area (Å²) in [5.41, 5.74) is 2.20. The fourth-order valence-electron chi connectivity index (χ4n) is 2.29. The van der Waals surface area contributed by atoms with E-state index >= 15 is 0 Å². The molecule has 3 aromatic rings. The Balaban J connectivity index is 1.87. The highest BCUT2D eigenvalue weighted by Crippen LogP contribution is 2.31. The van der Waals surface area contributed by atoms with Crippen LogP contribution in [-0.4, -0.2) is 46.7 Å². The molecule has 0 fully saturated rings. The zero-order chi connectivity index (χ0) is 19.8. The molecule has 0 N–H and O–H groups in total. The van der Waals surface area contributed by atoms with Crippen LogP contribution in [0.25, 0.3) is 23.0 Å². The third-order valence-corrected chi connectivity index (χ3v) is 5.99. The summed E-state index contributed by atoms with van der Waals surface area (Å²) in [4.78, 5) is 4.43. The van der Waals surface area contributed by atoms with Gasteiger partial charge in [0.15, 0.2) is 0 Å². The zero-order valence-corrected chi connectivity index (χ0v) is 17.6. The van der Waals surface area contributed by atoms with Gasteiger partial charge in [0.1, 0.15) is 11.4 Å². The molecule has 0 spiro atoms. The number of benzene rings is 1. The largest absolute Gasteiger partial charge is 0.384 e. The van der Waals surface area contributed by atoms with Gasteiger partial charge in [-0.05, 0) is 54.0 Å². The van der Waals surface area contributed by atoms with Crippen LogP contribution in [0.1, 0.15) is 12.6 Å². The summed E-state index contributed by atoms with van der Waals surface area (Å²) in [5, 5.41) is 8.42. The highest BCUT2D eigenvalue weighted by atomic mass is 79.9. The molecular weight excluding hydrogens is 438 g/mol. The molecule has 2 heterocycles. The topological polar surface area (TPSA) is 103 Å². The molecule has 0 unspecified atom stereocenters. The molecule has 0 aliphatic carbocycles. The van der Waals surface area contributed by atoms with Crippen molar-refractivity contribution in [3.05, 3.63) is 34.4 Å². The van der Waals surface area contributed by atoms with E-state index in [-0.39, 0.29) is 5.75 Å². The maximum Gasteiger partial charge on any atom is 0.384 e. The number of halogens is 1. The highest BCUT2D eigenvalue weighted by molar-refractivity contribution is 9.10. The van der Waals surface area contributed by atoms with E-state index in [9.17, 15) is 8.42 Å². The van der Waals surface area contributed by atoms with Crippen molar-refractivity contribution >= 4 is 26.2 Å². The second kappa shape index (κ2) is 7.41. The molecule has 0 atom stereocenters. The highest BCUT2D eigenvalue weighted by Gasteiger charge is 2.21. The Bertz CT molecular complexity index is 1060.